The van der Waals surface area contributed by atoms with Gasteiger partial charge in [-0.05, 0) is 0 Å². The van der Waals surface area contributed by atoms with Crippen molar-refractivity contribution in [1.29, 1.82) is 0 Å². The first-order valence-corrected chi connectivity index (χ1v) is 8.72. The molecule has 0 unspecified atom stereocenters. The molecule has 0 saturated carbocycles. The highest BCUT2D eigenvalue weighted by molar-refractivity contribution is 7.88. The Bertz CT molecular complexity index is 876. The van der Waals surface area contributed by atoms with Gasteiger partial charge in [-0.15, -0.1) is 0 Å². The Morgan fingerprint density at radius 3 is 2.27 bits per heavy atom. The van der Waals surface area contributed by atoms with E-state index in [1.807, 2.05) is 4.90 Å². The standard InChI is InChI=1S/C12H18N6O3S/c1-15-9-10(16(2)12(15)19)13-8-14-11(9)17-4-6-18(7-5-17)22(3,20)21/h8H,4-7H2,1-3H3. The lowest BCUT2D eigenvalue weighted by Crippen LogP contribution is -2.48. The molecule has 10 heteroatoms. The van der Waals surface area contributed by atoms with E-state index >= 15 is 0 Å². The van der Waals surface area contributed by atoms with Crippen molar-refractivity contribution in [1.82, 2.24) is 23.4 Å². The van der Waals surface area contributed by atoms with Gasteiger partial charge in [-0.1, -0.05) is 0 Å². The van der Waals surface area contributed by atoms with E-state index < -0.39 is 10.0 Å². The second-order valence-electron chi connectivity index (χ2n) is 5.42. The number of aromatic nitrogens is 4. The van der Waals surface area contributed by atoms with Gasteiger partial charge in [0.25, 0.3) is 0 Å². The molecule has 0 aromatic carbocycles. The van der Waals surface area contributed by atoms with E-state index in [9.17, 15) is 13.2 Å². The van der Waals surface area contributed by atoms with Gasteiger partial charge in [-0.2, -0.15) is 4.31 Å². The van der Waals surface area contributed by atoms with Gasteiger partial charge >= 0.3 is 5.69 Å². The quantitative estimate of drug-likeness (QED) is 0.684. The fourth-order valence-corrected chi connectivity index (χ4v) is 3.61. The number of rotatable bonds is 2. The van der Waals surface area contributed by atoms with Gasteiger partial charge in [-0.3, -0.25) is 9.13 Å². The normalized spacial score (nSPS) is 17.3. The summed E-state index contributed by atoms with van der Waals surface area (Å²) in [5, 5.41) is 0. The second-order valence-corrected chi connectivity index (χ2v) is 7.40. The molecule has 1 aliphatic heterocycles. The average molecular weight is 326 g/mol. The molecule has 0 atom stereocenters. The Hall–Kier alpha value is -1.94. The van der Waals surface area contributed by atoms with E-state index in [0.717, 1.165) is 0 Å². The Labute approximate surface area is 127 Å². The summed E-state index contributed by atoms with van der Waals surface area (Å²) in [5.74, 6) is 0.665. The molecule has 3 rings (SSSR count). The van der Waals surface area contributed by atoms with E-state index in [2.05, 4.69) is 9.97 Å². The van der Waals surface area contributed by atoms with E-state index in [0.29, 0.717) is 43.2 Å². The second kappa shape index (κ2) is 5.06. The Balaban J connectivity index is 1.99. The predicted molar refractivity (Wildman–Crippen MR) is 82.4 cm³/mol. The lowest BCUT2D eigenvalue weighted by Gasteiger charge is -2.34. The third kappa shape index (κ3) is 2.28. The molecule has 1 fully saturated rings. The number of fused-ring (bicyclic) bond motifs is 1. The summed E-state index contributed by atoms with van der Waals surface area (Å²) >= 11 is 0. The highest BCUT2D eigenvalue weighted by Gasteiger charge is 2.26. The zero-order valence-electron chi connectivity index (χ0n) is 12.7. The van der Waals surface area contributed by atoms with Gasteiger partial charge in [0, 0.05) is 40.3 Å². The summed E-state index contributed by atoms with van der Waals surface area (Å²) < 4.78 is 27.6. The first-order chi connectivity index (χ1) is 10.3. The van der Waals surface area contributed by atoms with Crippen LogP contribution in [0.2, 0.25) is 0 Å². The van der Waals surface area contributed by atoms with Crippen LogP contribution in [0.15, 0.2) is 11.1 Å². The van der Waals surface area contributed by atoms with Gasteiger partial charge in [0.15, 0.2) is 11.5 Å². The Morgan fingerprint density at radius 1 is 1.05 bits per heavy atom. The van der Waals surface area contributed by atoms with Crippen LogP contribution in [0.25, 0.3) is 11.2 Å². The molecule has 0 N–H and O–H groups in total. The van der Waals surface area contributed by atoms with E-state index in [1.54, 1.807) is 14.1 Å². The largest absolute Gasteiger partial charge is 0.352 e. The van der Waals surface area contributed by atoms with Crippen molar-refractivity contribution in [3.8, 4) is 0 Å². The fraction of sp³-hybridized carbons (Fsp3) is 0.583. The topological polar surface area (TPSA) is 93.3 Å². The summed E-state index contributed by atoms with van der Waals surface area (Å²) in [6.07, 6.45) is 2.65. The highest BCUT2D eigenvalue weighted by atomic mass is 32.2. The van der Waals surface area contributed by atoms with Gasteiger partial charge in [0.2, 0.25) is 10.0 Å². The third-order valence-corrected chi connectivity index (χ3v) is 5.32. The molecular formula is C12H18N6O3S. The Morgan fingerprint density at radius 2 is 1.68 bits per heavy atom. The van der Waals surface area contributed by atoms with Crippen LogP contribution >= 0.6 is 0 Å². The van der Waals surface area contributed by atoms with E-state index in [1.165, 1.54) is 26.0 Å². The van der Waals surface area contributed by atoms with Gasteiger partial charge in [0.05, 0.1) is 6.26 Å². The molecular weight excluding hydrogens is 308 g/mol. The molecule has 0 aliphatic carbocycles. The number of piperazine rings is 1. The first kappa shape index (κ1) is 15.0. The molecule has 120 valence electrons. The summed E-state index contributed by atoms with van der Waals surface area (Å²) in [6.45, 7) is 1.88. The van der Waals surface area contributed by atoms with Crippen molar-refractivity contribution in [2.45, 2.75) is 0 Å². The third-order valence-electron chi connectivity index (χ3n) is 4.02. The molecule has 0 amide bonds. The smallest absolute Gasteiger partial charge is 0.329 e. The number of aryl methyl sites for hydroxylation is 2. The minimum absolute atomic E-state index is 0.161. The molecule has 1 aliphatic rings. The predicted octanol–water partition coefficient (Wildman–Crippen LogP) is -1.25. The number of hydrogen-bond donors (Lipinski definition) is 0. The Kier molecular flexibility index (Phi) is 3.44. The molecule has 3 heterocycles. The molecule has 0 radical (unpaired) electrons. The van der Waals surface area contributed by atoms with Crippen LogP contribution in [0, 0.1) is 0 Å². The molecule has 22 heavy (non-hydrogen) atoms. The van der Waals surface area contributed by atoms with Crippen LogP contribution in [0.3, 0.4) is 0 Å². The zero-order chi connectivity index (χ0) is 16.1. The SMILES string of the molecule is Cn1c(=O)n(C)c2c(N3CCN(S(C)(=O)=O)CC3)ncnc21. The van der Waals surface area contributed by atoms with Crippen LogP contribution in [0.4, 0.5) is 5.82 Å². The van der Waals surface area contributed by atoms with Crippen molar-refractivity contribution < 1.29 is 8.42 Å². The number of imidazole rings is 1. The first-order valence-electron chi connectivity index (χ1n) is 6.87. The number of hydrogen-bond acceptors (Lipinski definition) is 6. The minimum Gasteiger partial charge on any atom is -0.352 e. The van der Waals surface area contributed by atoms with Crippen molar-refractivity contribution in [3.05, 3.63) is 16.8 Å². The van der Waals surface area contributed by atoms with E-state index in [-0.39, 0.29) is 5.69 Å². The molecule has 0 bridgehead atoms. The number of sulfonamides is 1. The number of anilines is 1. The van der Waals surface area contributed by atoms with Crippen LogP contribution in [0.5, 0.6) is 0 Å². The van der Waals surface area contributed by atoms with Crippen molar-refractivity contribution in [3.63, 3.8) is 0 Å². The molecule has 9 nitrogen and oxygen atoms in total. The molecule has 2 aromatic rings. The van der Waals surface area contributed by atoms with Gasteiger partial charge in [-0.25, -0.2) is 23.2 Å². The lowest BCUT2D eigenvalue weighted by molar-refractivity contribution is 0.387. The van der Waals surface area contributed by atoms with Crippen molar-refractivity contribution in [2.24, 2.45) is 14.1 Å². The highest BCUT2D eigenvalue weighted by Crippen LogP contribution is 2.22. The maximum Gasteiger partial charge on any atom is 0.329 e. The van der Waals surface area contributed by atoms with Crippen LogP contribution in [-0.2, 0) is 24.1 Å². The minimum atomic E-state index is -3.17. The fourth-order valence-electron chi connectivity index (χ4n) is 2.78. The molecule has 0 spiro atoms. The van der Waals surface area contributed by atoms with Gasteiger partial charge in [0.1, 0.15) is 11.8 Å². The maximum atomic E-state index is 12.1. The maximum absolute atomic E-state index is 12.1. The van der Waals surface area contributed by atoms with Crippen LogP contribution < -0.4 is 10.6 Å². The zero-order valence-corrected chi connectivity index (χ0v) is 13.5. The summed E-state index contributed by atoms with van der Waals surface area (Å²) in [4.78, 5) is 22.5. The number of nitrogens with zero attached hydrogens (tertiary/aromatic N) is 6. The summed E-state index contributed by atoms with van der Waals surface area (Å²) in [5.41, 5.74) is 1.08. The lowest BCUT2D eigenvalue weighted by atomic mass is 10.3. The molecule has 2 aromatic heterocycles. The summed E-state index contributed by atoms with van der Waals surface area (Å²) in [6, 6.07) is 0. The summed E-state index contributed by atoms with van der Waals surface area (Å²) in [7, 11) is 0.184. The average Bonchev–Trinajstić information content (AvgIpc) is 2.71. The van der Waals surface area contributed by atoms with Crippen molar-refractivity contribution in [2.75, 3.05) is 37.3 Å². The van der Waals surface area contributed by atoms with Gasteiger partial charge < -0.3 is 4.90 Å². The monoisotopic (exact) mass is 326 g/mol. The van der Waals surface area contributed by atoms with Crippen LogP contribution in [-0.4, -0.2) is 64.3 Å². The van der Waals surface area contributed by atoms with Crippen LogP contribution in [0.1, 0.15) is 0 Å². The van der Waals surface area contributed by atoms with Crippen molar-refractivity contribution >= 4 is 27.0 Å². The van der Waals surface area contributed by atoms with E-state index in [4.69, 9.17) is 0 Å². The molecule has 1 saturated heterocycles.